The summed E-state index contributed by atoms with van der Waals surface area (Å²) >= 11 is 0. The van der Waals surface area contributed by atoms with E-state index in [1.165, 1.54) is 18.4 Å². The minimum atomic E-state index is -0.766. The molecule has 2 aliphatic rings. The Morgan fingerprint density at radius 1 is 1.25 bits per heavy atom. The standard InChI is InChI=1S/C16H22N2O2/c19-15(20)18-8-6-16(7-9-18)10-14(11-16)17-12-13-4-2-1-3-5-13/h1-5,14,17H,6-12H2,(H,19,20). The number of nitrogens with zero attached hydrogens (tertiary/aromatic N) is 1. The van der Waals surface area contributed by atoms with Crippen molar-refractivity contribution in [1.29, 1.82) is 0 Å². The maximum absolute atomic E-state index is 10.9. The van der Waals surface area contributed by atoms with Gasteiger partial charge in [0.15, 0.2) is 0 Å². The number of benzene rings is 1. The van der Waals surface area contributed by atoms with Crippen LogP contribution in [0.25, 0.3) is 0 Å². The number of rotatable bonds is 3. The van der Waals surface area contributed by atoms with E-state index in [4.69, 9.17) is 5.11 Å². The molecule has 4 nitrogen and oxygen atoms in total. The van der Waals surface area contributed by atoms with Crippen LogP contribution < -0.4 is 5.32 Å². The highest BCUT2D eigenvalue weighted by molar-refractivity contribution is 5.65. The third-order valence-corrected chi connectivity index (χ3v) is 4.89. The molecule has 3 rings (SSSR count). The molecular weight excluding hydrogens is 252 g/mol. The molecular formula is C16H22N2O2. The van der Waals surface area contributed by atoms with E-state index in [0.29, 0.717) is 24.5 Å². The number of amides is 1. The Morgan fingerprint density at radius 3 is 2.50 bits per heavy atom. The SMILES string of the molecule is O=C(O)N1CCC2(CC1)CC(NCc1ccccc1)C2. The van der Waals surface area contributed by atoms with E-state index in [-0.39, 0.29) is 0 Å². The molecule has 4 heteroatoms. The highest BCUT2D eigenvalue weighted by atomic mass is 16.4. The van der Waals surface area contributed by atoms with Crippen molar-refractivity contribution in [3.63, 3.8) is 0 Å². The second-order valence-corrected chi connectivity index (χ2v) is 6.24. The number of piperidine rings is 1. The van der Waals surface area contributed by atoms with Gasteiger partial charge in [-0.15, -0.1) is 0 Å². The Bertz CT molecular complexity index is 459. The second-order valence-electron chi connectivity index (χ2n) is 6.24. The van der Waals surface area contributed by atoms with Gasteiger partial charge in [0.2, 0.25) is 0 Å². The Labute approximate surface area is 119 Å². The molecule has 1 aromatic carbocycles. The van der Waals surface area contributed by atoms with Gasteiger partial charge in [-0.2, -0.15) is 0 Å². The average molecular weight is 274 g/mol. The number of hydrogen-bond acceptors (Lipinski definition) is 2. The fraction of sp³-hybridized carbons (Fsp3) is 0.562. The Morgan fingerprint density at radius 2 is 1.90 bits per heavy atom. The van der Waals surface area contributed by atoms with Crippen LogP contribution in [0.1, 0.15) is 31.2 Å². The lowest BCUT2D eigenvalue weighted by Gasteiger charge is -2.52. The normalized spacial score (nSPS) is 21.7. The van der Waals surface area contributed by atoms with Crippen molar-refractivity contribution in [2.24, 2.45) is 5.41 Å². The molecule has 108 valence electrons. The lowest BCUT2D eigenvalue weighted by atomic mass is 9.60. The van der Waals surface area contributed by atoms with Gasteiger partial charge in [0, 0.05) is 25.7 Å². The lowest BCUT2D eigenvalue weighted by Crippen LogP contribution is -2.54. The molecule has 0 aromatic heterocycles. The van der Waals surface area contributed by atoms with Gasteiger partial charge in [0.05, 0.1) is 0 Å². The number of nitrogens with one attached hydrogen (secondary N) is 1. The van der Waals surface area contributed by atoms with E-state index in [1.807, 2.05) is 6.07 Å². The predicted molar refractivity (Wildman–Crippen MR) is 77.6 cm³/mol. The predicted octanol–water partition coefficient (Wildman–Crippen LogP) is 2.70. The Kier molecular flexibility index (Phi) is 3.66. The Hall–Kier alpha value is -1.55. The molecule has 1 heterocycles. The molecule has 1 amide bonds. The summed E-state index contributed by atoms with van der Waals surface area (Å²) in [7, 11) is 0. The van der Waals surface area contributed by atoms with Crippen molar-refractivity contribution >= 4 is 6.09 Å². The molecule has 1 aliphatic carbocycles. The van der Waals surface area contributed by atoms with Crippen LogP contribution >= 0.6 is 0 Å². The zero-order valence-electron chi connectivity index (χ0n) is 11.7. The second kappa shape index (κ2) is 5.44. The number of carbonyl (C=O) groups is 1. The van der Waals surface area contributed by atoms with E-state index >= 15 is 0 Å². The summed E-state index contributed by atoms with van der Waals surface area (Å²) in [5.41, 5.74) is 1.74. The quantitative estimate of drug-likeness (QED) is 0.891. The first-order valence-electron chi connectivity index (χ1n) is 7.42. The minimum absolute atomic E-state index is 0.417. The van der Waals surface area contributed by atoms with Crippen molar-refractivity contribution in [2.75, 3.05) is 13.1 Å². The molecule has 2 fully saturated rings. The maximum atomic E-state index is 10.9. The van der Waals surface area contributed by atoms with Crippen LogP contribution in [0, 0.1) is 5.41 Å². The van der Waals surface area contributed by atoms with Crippen molar-refractivity contribution in [3.05, 3.63) is 35.9 Å². The molecule has 0 radical (unpaired) electrons. The zero-order valence-corrected chi connectivity index (χ0v) is 11.7. The van der Waals surface area contributed by atoms with Crippen LogP contribution in [0.15, 0.2) is 30.3 Å². The summed E-state index contributed by atoms with van der Waals surface area (Å²) in [6, 6.07) is 11.1. The van der Waals surface area contributed by atoms with Crippen LogP contribution in [-0.2, 0) is 6.54 Å². The highest BCUT2D eigenvalue weighted by Crippen LogP contribution is 2.49. The van der Waals surface area contributed by atoms with Gasteiger partial charge in [-0.25, -0.2) is 4.79 Å². The van der Waals surface area contributed by atoms with Gasteiger partial charge in [-0.05, 0) is 36.7 Å². The van der Waals surface area contributed by atoms with Gasteiger partial charge in [-0.3, -0.25) is 0 Å². The smallest absolute Gasteiger partial charge is 0.407 e. The average Bonchev–Trinajstić information content (AvgIpc) is 2.44. The summed E-state index contributed by atoms with van der Waals surface area (Å²) in [6.45, 7) is 2.35. The minimum Gasteiger partial charge on any atom is -0.465 e. The van der Waals surface area contributed by atoms with Gasteiger partial charge >= 0.3 is 6.09 Å². The third kappa shape index (κ3) is 2.80. The van der Waals surface area contributed by atoms with Gasteiger partial charge < -0.3 is 15.3 Å². The Balaban J connectivity index is 1.42. The van der Waals surface area contributed by atoms with Crippen molar-refractivity contribution in [2.45, 2.75) is 38.3 Å². The van der Waals surface area contributed by atoms with Gasteiger partial charge in [-0.1, -0.05) is 30.3 Å². The van der Waals surface area contributed by atoms with Gasteiger partial charge in [0.25, 0.3) is 0 Å². The molecule has 2 N–H and O–H groups in total. The lowest BCUT2D eigenvalue weighted by molar-refractivity contribution is 0.00934. The molecule has 1 aliphatic heterocycles. The first-order chi connectivity index (χ1) is 9.67. The summed E-state index contributed by atoms with van der Waals surface area (Å²) < 4.78 is 0. The summed E-state index contributed by atoms with van der Waals surface area (Å²) in [5, 5.41) is 12.6. The summed E-state index contributed by atoms with van der Waals surface area (Å²) in [5.74, 6) is 0. The van der Waals surface area contributed by atoms with E-state index in [9.17, 15) is 4.79 Å². The molecule has 0 atom stereocenters. The topological polar surface area (TPSA) is 52.6 Å². The van der Waals surface area contributed by atoms with E-state index in [2.05, 4.69) is 29.6 Å². The fourth-order valence-corrected chi connectivity index (χ4v) is 3.57. The largest absolute Gasteiger partial charge is 0.465 e. The van der Waals surface area contributed by atoms with Crippen molar-refractivity contribution in [1.82, 2.24) is 10.2 Å². The zero-order chi connectivity index (χ0) is 14.0. The monoisotopic (exact) mass is 274 g/mol. The first kappa shape index (κ1) is 13.4. The highest BCUT2D eigenvalue weighted by Gasteiger charge is 2.45. The number of carboxylic acid groups (broad SMARTS) is 1. The van der Waals surface area contributed by atoms with E-state index < -0.39 is 6.09 Å². The van der Waals surface area contributed by atoms with Crippen molar-refractivity contribution in [3.8, 4) is 0 Å². The number of likely N-dealkylation sites (tertiary alicyclic amines) is 1. The van der Waals surface area contributed by atoms with Crippen LogP contribution in [0.5, 0.6) is 0 Å². The van der Waals surface area contributed by atoms with E-state index in [0.717, 1.165) is 19.4 Å². The first-order valence-corrected chi connectivity index (χ1v) is 7.42. The molecule has 0 bridgehead atoms. The van der Waals surface area contributed by atoms with Crippen LogP contribution in [0.2, 0.25) is 0 Å². The molecule has 1 saturated carbocycles. The maximum Gasteiger partial charge on any atom is 0.407 e. The third-order valence-electron chi connectivity index (χ3n) is 4.89. The molecule has 1 spiro atoms. The van der Waals surface area contributed by atoms with Gasteiger partial charge in [0.1, 0.15) is 0 Å². The van der Waals surface area contributed by atoms with Crippen molar-refractivity contribution < 1.29 is 9.90 Å². The van der Waals surface area contributed by atoms with Crippen LogP contribution in [0.3, 0.4) is 0 Å². The summed E-state index contributed by atoms with van der Waals surface area (Å²) in [6.07, 6.45) is 3.70. The molecule has 20 heavy (non-hydrogen) atoms. The fourth-order valence-electron chi connectivity index (χ4n) is 3.57. The number of hydrogen-bond donors (Lipinski definition) is 2. The van der Waals surface area contributed by atoms with Crippen LogP contribution in [-0.4, -0.2) is 35.2 Å². The molecule has 1 aromatic rings. The summed E-state index contributed by atoms with van der Waals surface area (Å²) in [4.78, 5) is 12.5. The molecule has 1 saturated heterocycles. The molecule has 0 unspecified atom stereocenters. The van der Waals surface area contributed by atoms with Crippen LogP contribution in [0.4, 0.5) is 4.79 Å². The van der Waals surface area contributed by atoms with E-state index in [1.54, 1.807) is 4.90 Å².